The van der Waals surface area contributed by atoms with E-state index in [1.807, 2.05) is 0 Å². The van der Waals surface area contributed by atoms with Crippen molar-refractivity contribution in [3.8, 4) is 0 Å². The van der Waals surface area contributed by atoms with Gasteiger partial charge in [-0.1, -0.05) is 19.1 Å². The number of nitrogens with zero attached hydrogens (tertiary/aromatic N) is 2. The molecule has 1 aromatic rings. The van der Waals surface area contributed by atoms with Gasteiger partial charge in [-0.2, -0.15) is 0 Å². The van der Waals surface area contributed by atoms with E-state index in [9.17, 15) is 9.50 Å². The zero-order valence-electron chi connectivity index (χ0n) is 11.6. The van der Waals surface area contributed by atoms with E-state index < -0.39 is 6.10 Å². The molecule has 1 aromatic carbocycles. The second kappa shape index (κ2) is 6.98. The molecule has 1 fully saturated rings. The maximum Gasteiger partial charge on any atom is 0.123 e. The summed E-state index contributed by atoms with van der Waals surface area (Å²) in [4.78, 5) is 4.74. The highest BCUT2D eigenvalue weighted by molar-refractivity contribution is 5.18. The van der Waals surface area contributed by atoms with E-state index in [2.05, 4.69) is 16.7 Å². The highest BCUT2D eigenvalue weighted by Crippen LogP contribution is 2.16. The van der Waals surface area contributed by atoms with Gasteiger partial charge in [0.1, 0.15) is 5.82 Å². The maximum atomic E-state index is 12.8. The van der Waals surface area contributed by atoms with E-state index in [4.69, 9.17) is 0 Å². The standard InChI is InChI=1S/C15H23FN2O/c1-2-7-17-8-10-18(11-9-17)12-15(19)13-3-5-14(16)6-4-13/h3-6,15,19H,2,7-12H2,1H3. The lowest BCUT2D eigenvalue weighted by Crippen LogP contribution is -2.47. The summed E-state index contributed by atoms with van der Waals surface area (Å²) < 4.78 is 12.8. The molecule has 0 spiro atoms. The number of aliphatic hydroxyl groups excluding tert-OH is 1. The number of piperazine rings is 1. The molecular weight excluding hydrogens is 243 g/mol. The molecule has 19 heavy (non-hydrogen) atoms. The Labute approximate surface area is 114 Å². The number of benzene rings is 1. The lowest BCUT2D eigenvalue weighted by Gasteiger charge is -2.35. The predicted octanol–water partition coefficient (Wildman–Crippen LogP) is 1.89. The van der Waals surface area contributed by atoms with Crippen LogP contribution in [-0.4, -0.2) is 54.2 Å². The number of aliphatic hydroxyl groups is 1. The van der Waals surface area contributed by atoms with Crippen molar-refractivity contribution in [3.05, 3.63) is 35.6 Å². The molecule has 0 amide bonds. The van der Waals surface area contributed by atoms with Gasteiger partial charge in [0.25, 0.3) is 0 Å². The monoisotopic (exact) mass is 266 g/mol. The number of hydrogen-bond donors (Lipinski definition) is 1. The van der Waals surface area contributed by atoms with Gasteiger partial charge >= 0.3 is 0 Å². The van der Waals surface area contributed by atoms with E-state index >= 15 is 0 Å². The minimum atomic E-state index is -0.529. The van der Waals surface area contributed by atoms with Gasteiger partial charge in [0.2, 0.25) is 0 Å². The number of β-amino-alcohol motifs (C(OH)–C–C–N with tert-alkyl or cyclic N) is 1. The van der Waals surface area contributed by atoms with Crippen LogP contribution in [0.1, 0.15) is 25.0 Å². The average Bonchev–Trinajstić information content (AvgIpc) is 2.42. The molecule has 1 N–H and O–H groups in total. The van der Waals surface area contributed by atoms with Crippen LogP contribution in [0.15, 0.2) is 24.3 Å². The average molecular weight is 266 g/mol. The van der Waals surface area contributed by atoms with Crippen LogP contribution in [0.4, 0.5) is 4.39 Å². The van der Waals surface area contributed by atoms with E-state index in [-0.39, 0.29) is 5.82 Å². The third-order valence-corrected chi connectivity index (χ3v) is 3.69. The fourth-order valence-corrected chi connectivity index (χ4v) is 2.55. The van der Waals surface area contributed by atoms with Gasteiger partial charge in [-0.3, -0.25) is 4.90 Å². The van der Waals surface area contributed by atoms with Gasteiger partial charge in [0.15, 0.2) is 0 Å². The fourth-order valence-electron chi connectivity index (χ4n) is 2.55. The first-order valence-corrected chi connectivity index (χ1v) is 7.07. The lowest BCUT2D eigenvalue weighted by atomic mass is 10.1. The van der Waals surface area contributed by atoms with Crippen molar-refractivity contribution in [1.29, 1.82) is 0 Å². The van der Waals surface area contributed by atoms with Gasteiger partial charge in [-0.15, -0.1) is 0 Å². The molecule has 1 saturated heterocycles. The molecular formula is C15H23FN2O. The summed E-state index contributed by atoms with van der Waals surface area (Å²) in [5.74, 6) is -0.260. The largest absolute Gasteiger partial charge is 0.387 e. The maximum absolute atomic E-state index is 12.8. The Kier molecular flexibility index (Phi) is 5.31. The van der Waals surface area contributed by atoms with E-state index in [1.165, 1.54) is 18.6 Å². The van der Waals surface area contributed by atoms with Crippen LogP contribution in [0.25, 0.3) is 0 Å². The summed E-state index contributed by atoms with van der Waals surface area (Å²) in [7, 11) is 0. The second-order valence-corrected chi connectivity index (χ2v) is 5.21. The molecule has 4 heteroatoms. The zero-order valence-corrected chi connectivity index (χ0v) is 11.6. The van der Waals surface area contributed by atoms with Crippen LogP contribution in [0.3, 0.4) is 0 Å². The third-order valence-electron chi connectivity index (χ3n) is 3.69. The minimum absolute atomic E-state index is 0.260. The molecule has 1 unspecified atom stereocenters. The van der Waals surface area contributed by atoms with Crippen molar-refractivity contribution in [2.24, 2.45) is 0 Å². The Morgan fingerprint density at radius 2 is 1.68 bits per heavy atom. The molecule has 106 valence electrons. The quantitative estimate of drug-likeness (QED) is 0.881. The van der Waals surface area contributed by atoms with Crippen molar-refractivity contribution in [2.45, 2.75) is 19.4 Å². The van der Waals surface area contributed by atoms with Crippen molar-refractivity contribution in [2.75, 3.05) is 39.3 Å². The number of hydrogen-bond acceptors (Lipinski definition) is 3. The van der Waals surface area contributed by atoms with Crippen molar-refractivity contribution in [1.82, 2.24) is 9.80 Å². The van der Waals surface area contributed by atoms with Gasteiger partial charge in [-0.05, 0) is 30.7 Å². The van der Waals surface area contributed by atoms with E-state index in [1.54, 1.807) is 12.1 Å². The van der Waals surface area contributed by atoms with Crippen molar-refractivity contribution < 1.29 is 9.50 Å². The van der Waals surface area contributed by atoms with E-state index in [0.29, 0.717) is 6.54 Å². The van der Waals surface area contributed by atoms with Gasteiger partial charge < -0.3 is 10.0 Å². The molecule has 1 aliphatic rings. The van der Waals surface area contributed by atoms with Crippen LogP contribution >= 0.6 is 0 Å². The normalized spacial score (nSPS) is 19.5. The molecule has 3 nitrogen and oxygen atoms in total. The molecule has 0 radical (unpaired) electrons. The Balaban J connectivity index is 1.80. The molecule has 2 rings (SSSR count). The van der Waals surface area contributed by atoms with Crippen LogP contribution in [0.5, 0.6) is 0 Å². The summed E-state index contributed by atoms with van der Waals surface area (Å²) in [6.07, 6.45) is 0.663. The Morgan fingerprint density at radius 1 is 1.11 bits per heavy atom. The van der Waals surface area contributed by atoms with Gasteiger partial charge in [0.05, 0.1) is 6.10 Å². The topological polar surface area (TPSA) is 26.7 Å². The van der Waals surface area contributed by atoms with E-state index in [0.717, 1.165) is 38.3 Å². The SMILES string of the molecule is CCCN1CCN(CC(O)c2ccc(F)cc2)CC1. The third kappa shape index (κ3) is 4.27. The molecule has 0 aromatic heterocycles. The summed E-state index contributed by atoms with van der Waals surface area (Å²) in [5.41, 5.74) is 0.789. The second-order valence-electron chi connectivity index (χ2n) is 5.21. The van der Waals surface area contributed by atoms with Crippen molar-refractivity contribution in [3.63, 3.8) is 0 Å². The first-order chi connectivity index (χ1) is 9.19. The minimum Gasteiger partial charge on any atom is -0.387 e. The highest BCUT2D eigenvalue weighted by atomic mass is 19.1. The predicted molar refractivity (Wildman–Crippen MR) is 74.5 cm³/mol. The first kappa shape index (κ1) is 14.4. The summed E-state index contributed by atoms with van der Waals surface area (Å²) in [6, 6.07) is 6.12. The molecule has 0 bridgehead atoms. The van der Waals surface area contributed by atoms with Gasteiger partial charge in [0, 0.05) is 32.7 Å². The molecule has 0 aliphatic carbocycles. The van der Waals surface area contributed by atoms with Crippen LogP contribution < -0.4 is 0 Å². The lowest BCUT2D eigenvalue weighted by molar-refractivity contribution is 0.0726. The molecule has 1 heterocycles. The molecule has 1 atom stereocenters. The van der Waals surface area contributed by atoms with Crippen LogP contribution in [0, 0.1) is 5.82 Å². The van der Waals surface area contributed by atoms with Crippen LogP contribution in [0.2, 0.25) is 0 Å². The number of rotatable bonds is 5. The zero-order chi connectivity index (χ0) is 13.7. The summed E-state index contributed by atoms with van der Waals surface area (Å²) in [5, 5.41) is 10.2. The fraction of sp³-hybridized carbons (Fsp3) is 0.600. The highest BCUT2D eigenvalue weighted by Gasteiger charge is 2.19. The molecule has 1 aliphatic heterocycles. The first-order valence-electron chi connectivity index (χ1n) is 7.07. The molecule has 0 saturated carbocycles. The van der Waals surface area contributed by atoms with Gasteiger partial charge in [-0.25, -0.2) is 4.39 Å². The van der Waals surface area contributed by atoms with Crippen molar-refractivity contribution >= 4 is 0 Å². The summed E-state index contributed by atoms with van der Waals surface area (Å²) >= 11 is 0. The van der Waals surface area contributed by atoms with Crippen LogP contribution in [-0.2, 0) is 0 Å². The Hall–Kier alpha value is -0.970. The number of halogens is 1. The smallest absolute Gasteiger partial charge is 0.123 e. The summed E-state index contributed by atoms with van der Waals surface area (Å²) in [6.45, 7) is 8.13. The Bertz CT molecular complexity index is 374. The Morgan fingerprint density at radius 3 is 2.26 bits per heavy atom.